The number of anilines is 1. The molecule has 0 bridgehead atoms. The molecule has 1 amide bonds. The molecule has 1 N–H and O–H groups in total. The number of hydrogen-bond donors (Lipinski definition) is 1. The fraction of sp³-hybridized carbons (Fsp3) is 0.435. The number of nitrogens with zero attached hydrogens (tertiary/aromatic N) is 2. The van der Waals surface area contributed by atoms with Gasteiger partial charge in [0.05, 0.1) is 17.6 Å². The average molecular weight is 409 g/mol. The Morgan fingerprint density at radius 3 is 2.63 bits per heavy atom. The van der Waals surface area contributed by atoms with E-state index < -0.39 is 0 Å². The number of piperidine rings is 1. The maximum absolute atomic E-state index is 12.9. The summed E-state index contributed by atoms with van der Waals surface area (Å²) in [6.45, 7) is 6.43. The smallest absolute Gasteiger partial charge is 0.293 e. The number of benzene rings is 2. The average Bonchev–Trinajstić information content (AvgIpc) is 2.73. The third-order valence-electron chi connectivity index (χ3n) is 5.91. The van der Waals surface area contributed by atoms with Gasteiger partial charge >= 0.3 is 0 Å². The van der Waals surface area contributed by atoms with Crippen LogP contribution in [0.4, 0.5) is 11.4 Å². The topological polar surface area (TPSA) is 84.7 Å². The van der Waals surface area contributed by atoms with Crippen molar-refractivity contribution in [3.63, 3.8) is 0 Å². The van der Waals surface area contributed by atoms with Gasteiger partial charge in [-0.25, -0.2) is 0 Å². The Morgan fingerprint density at radius 1 is 1.17 bits per heavy atom. The predicted octanol–water partition coefficient (Wildman–Crippen LogP) is 4.33. The van der Waals surface area contributed by atoms with Crippen LogP contribution in [0.3, 0.4) is 0 Å². The van der Waals surface area contributed by atoms with Gasteiger partial charge in [-0.1, -0.05) is 32.0 Å². The molecule has 4 rings (SSSR count). The van der Waals surface area contributed by atoms with Crippen LogP contribution >= 0.6 is 0 Å². The van der Waals surface area contributed by atoms with E-state index in [1.807, 2.05) is 24.3 Å². The highest BCUT2D eigenvalue weighted by molar-refractivity contribution is 5.96. The van der Waals surface area contributed by atoms with Crippen LogP contribution in [0.1, 0.15) is 48.7 Å². The number of carbonyl (C=O) groups excluding carboxylic acids is 1. The number of para-hydroxylation sites is 1. The summed E-state index contributed by atoms with van der Waals surface area (Å²) in [4.78, 5) is 26.4. The zero-order valence-corrected chi connectivity index (χ0v) is 17.3. The van der Waals surface area contributed by atoms with E-state index in [1.165, 1.54) is 6.07 Å². The van der Waals surface area contributed by atoms with Crippen LogP contribution in [0.15, 0.2) is 42.5 Å². The number of ether oxygens (including phenoxy) is 1. The maximum atomic E-state index is 12.9. The van der Waals surface area contributed by atoms with Crippen molar-refractivity contribution in [1.82, 2.24) is 5.32 Å². The minimum atomic E-state index is -0.389. The molecule has 1 fully saturated rings. The summed E-state index contributed by atoms with van der Waals surface area (Å²) in [6.07, 6.45) is 1.78. The van der Waals surface area contributed by atoms with Gasteiger partial charge in [0.1, 0.15) is 11.4 Å². The molecule has 2 heterocycles. The first-order chi connectivity index (χ1) is 14.4. The molecule has 0 saturated carbocycles. The van der Waals surface area contributed by atoms with Crippen molar-refractivity contribution in [2.45, 2.75) is 32.7 Å². The third-order valence-corrected chi connectivity index (χ3v) is 5.91. The lowest BCUT2D eigenvalue weighted by Gasteiger charge is -2.36. The highest BCUT2D eigenvalue weighted by atomic mass is 16.6. The normalized spacial score (nSPS) is 23.3. The Bertz CT molecular complexity index is 951. The first-order valence-electron chi connectivity index (χ1n) is 10.5. The summed E-state index contributed by atoms with van der Waals surface area (Å²) < 4.78 is 5.65. The van der Waals surface area contributed by atoms with Crippen molar-refractivity contribution < 1.29 is 14.5 Å². The highest BCUT2D eigenvalue weighted by Gasteiger charge is 2.29. The number of carbonyl (C=O) groups is 1. The molecule has 2 aromatic carbocycles. The fourth-order valence-electron chi connectivity index (χ4n) is 4.67. The molecule has 2 aliphatic rings. The van der Waals surface area contributed by atoms with Crippen LogP contribution in [0, 0.1) is 22.0 Å². The molecule has 7 heteroatoms. The van der Waals surface area contributed by atoms with E-state index in [2.05, 4.69) is 24.1 Å². The van der Waals surface area contributed by atoms with Gasteiger partial charge in [0.25, 0.3) is 11.6 Å². The summed E-state index contributed by atoms with van der Waals surface area (Å²) in [5.41, 5.74) is 1.80. The molecule has 7 nitrogen and oxygen atoms in total. The predicted molar refractivity (Wildman–Crippen MR) is 115 cm³/mol. The van der Waals surface area contributed by atoms with E-state index in [9.17, 15) is 14.9 Å². The van der Waals surface area contributed by atoms with Gasteiger partial charge in [-0.2, -0.15) is 0 Å². The third kappa shape index (κ3) is 4.10. The van der Waals surface area contributed by atoms with E-state index >= 15 is 0 Å². The lowest BCUT2D eigenvalue weighted by atomic mass is 9.91. The Morgan fingerprint density at radius 2 is 1.90 bits per heavy atom. The van der Waals surface area contributed by atoms with Crippen LogP contribution in [-0.4, -0.2) is 30.5 Å². The molecule has 0 aromatic heterocycles. The molecule has 0 radical (unpaired) electrons. The number of nitro benzene ring substituents is 1. The molecule has 2 aromatic rings. The lowest BCUT2D eigenvalue weighted by Crippen LogP contribution is -2.39. The van der Waals surface area contributed by atoms with Gasteiger partial charge in [-0.3, -0.25) is 14.9 Å². The summed E-state index contributed by atoms with van der Waals surface area (Å²) in [6, 6.07) is 12.3. The number of hydrogen-bond acceptors (Lipinski definition) is 5. The zero-order valence-electron chi connectivity index (χ0n) is 17.3. The number of fused-ring (bicyclic) bond motifs is 1. The number of nitro groups is 1. The molecular formula is C23H27N3O4. The van der Waals surface area contributed by atoms with Crippen LogP contribution in [0.25, 0.3) is 0 Å². The van der Waals surface area contributed by atoms with Crippen molar-refractivity contribution in [2.75, 3.05) is 24.6 Å². The van der Waals surface area contributed by atoms with E-state index in [0.29, 0.717) is 36.1 Å². The largest absolute Gasteiger partial charge is 0.493 e. The molecule has 30 heavy (non-hydrogen) atoms. The van der Waals surface area contributed by atoms with Crippen LogP contribution in [0.5, 0.6) is 5.75 Å². The number of rotatable bonds is 4. The second-order valence-electron chi connectivity index (χ2n) is 8.51. The quantitative estimate of drug-likeness (QED) is 0.600. The van der Waals surface area contributed by atoms with Crippen molar-refractivity contribution in [3.05, 3.63) is 63.7 Å². The first-order valence-corrected chi connectivity index (χ1v) is 10.5. The Balaban J connectivity index is 1.57. The second kappa shape index (κ2) is 8.34. The van der Waals surface area contributed by atoms with E-state index in [0.717, 1.165) is 30.8 Å². The van der Waals surface area contributed by atoms with E-state index in [1.54, 1.807) is 12.1 Å². The Hall–Kier alpha value is -3.09. The van der Waals surface area contributed by atoms with Gasteiger partial charge in [0, 0.05) is 36.7 Å². The monoisotopic (exact) mass is 409 g/mol. The molecule has 3 unspecified atom stereocenters. The Kier molecular flexibility index (Phi) is 5.61. The number of nitrogens with one attached hydrogen (secondary N) is 1. The summed E-state index contributed by atoms with van der Waals surface area (Å²) in [5, 5.41) is 14.8. The summed E-state index contributed by atoms with van der Waals surface area (Å²) in [7, 11) is 0. The van der Waals surface area contributed by atoms with Gasteiger partial charge < -0.3 is 15.0 Å². The van der Waals surface area contributed by atoms with Crippen LogP contribution in [-0.2, 0) is 0 Å². The van der Waals surface area contributed by atoms with Crippen molar-refractivity contribution in [1.29, 1.82) is 0 Å². The molecule has 0 spiro atoms. The lowest BCUT2D eigenvalue weighted by molar-refractivity contribution is -0.384. The summed E-state index contributed by atoms with van der Waals surface area (Å²) >= 11 is 0. The molecule has 0 aliphatic carbocycles. The van der Waals surface area contributed by atoms with Crippen LogP contribution in [0.2, 0.25) is 0 Å². The van der Waals surface area contributed by atoms with Gasteiger partial charge in [-0.15, -0.1) is 0 Å². The van der Waals surface area contributed by atoms with Crippen molar-refractivity contribution in [2.24, 2.45) is 11.8 Å². The molecule has 3 atom stereocenters. The molecule has 2 aliphatic heterocycles. The van der Waals surface area contributed by atoms with Crippen molar-refractivity contribution in [3.8, 4) is 5.75 Å². The fourth-order valence-corrected chi connectivity index (χ4v) is 4.67. The second-order valence-corrected chi connectivity index (χ2v) is 8.51. The van der Waals surface area contributed by atoms with Crippen molar-refractivity contribution >= 4 is 17.3 Å². The van der Waals surface area contributed by atoms with E-state index in [-0.39, 0.29) is 22.6 Å². The van der Waals surface area contributed by atoms with Gasteiger partial charge in [0.2, 0.25) is 0 Å². The highest BCUT2D eigenvalue weighted by Crippen LogP contribution is 2.35. The first kappa shape index (κ1) is 20.2. The minimum absolute atomic E-state index is 0.0173. The van der Waals surface area contributed by atoms with Gasteiger partial charge in [0.15, 0.2) is 0 Å². The minimum Gasteiger partial charge on any atom is -0.493 e. The molecular weight excluding hydrogens is 382 g/mol. The van der Waals surface area contributed by atoms with Gasteiger partial charge in [-0.05, 0) is 36.5 Å². The maximum Gasteiger partial charge on any atom is 0.293 e. The number of amides is 1. The molecule has 158 valence electrons. The Labute approximate surface area is 176 Å². The summed E-state index contributed by atoms with van der Waals surface area (Å²) in [5.74, 6) is 1.41. The molecule has 1 saturated heterocycles. The SMILES string of the molecule is CC1CC(C)CN(c2ccc(C(=O)NC3CCOc4ccccc43)cc2[N+](=O)[O-])C1. The zero-order chi connectivity index (χ0) is 21.3. The van der Waals surface area contributed by atoms with Crippen LogP contribution < -0.4 is 15.0 Å². The standard InChI is InChI=1S/C23H27N3O4/c1-15-11-16(2)14-25(13-15)20-8-7-17(12-21(20)26(28)29)23(27)24-19-9-10-30-22-6-4-3-5-18(19)22/h3-8,12,15-16,19H,9-11,13-14H2,1-2H3,(H,24,27). The van der Waals surface area contributed by atoms with E-state index in [4.69, 9.17) is 4.74 Å².